The van der Waals surface area contributed by atoms with Gasteiger partial charge in [0.1, 0.15) is 23.6 Å². The molecule has 0 spiro atoms. The van der Waals surface area contributed by atoms with Gasteiger partial charge in [0, 0.05) is 6.07 Å². The summed E-state index contributed by atoms with van der Waals surface area (Å²) in [4.78, 5) is 28.2. The van der Waals surface area contributed by atoms with E-state index in [0.29, 0.717) is 11.8 Å². The fourth-order valence-corrected chi connectivity index (χ4v) is 2.61. The molecule has 9 nitrogen and oxygen atoms in total. The monoisotopic (exact) mass is 387 g/mol. The second kappa shape index (κ2) is 6.68. The lowest BCUT2D eigenvalue weighted by Crippen LogP contribution is -2.21. The van der Waals surface area contributed by atoms with Gasteiger partial charge in [0.15, 0.2) is 17.0 Å². The van der Waals surface area contributed by atoms with Crippen molar-refractivity contribution in [1.29, 1.82) is 0 Å². The molecule has 28 heavy (non-hydrogen) atoms. The summed E-state index contributed by atoms with van der Waals surface area (Å²) in [6.07, 6.45) is 1.21. The molecule has 4 aromatic rings. The van der Waals surface area contributed by atoms with E-state index >= 15 is 0 Å². The number of carbonyl (C=O) groups is 1. The van der Waals surface area contributed by atoms with Crippen molar-refractivity contribution in [3.05, 3.63) is 70.2 Å². The maximum Gasteiger partial charge on any atom is 0.373 e. The molecular weight excluding hydrogens is 376 g/mol. The van der Waals surface area contributed by atoms with Crippen LogP contribution in [0.3, 0.4) is 0 Å². The van der Waals surface area contributed by atoms with E-state index in [2.05, 4.69) is 20.0 Å². The Balaban J connectivity index is 1.71. The molecule has 3 heterocycles. The number of ether oxygens (including phenoxy) is 1. The standard InChI is InChI=1S/C17H11F2N5O4/c1-27-17(26)13-5-3-10(28-13)7-23-8-20-15-14(16(23)25)21-22-24(15)12-4-2-9(18)6-11(12)19/h2-6,8H,7H2,1H3. The quantitative estimate of drug-likeness (QED) is 0.491. The molecule has 0 saturated carbocycles. The molecule has 0 aliphatic heterocycles. The number of benzene rings is 1. The Morgan fingerprint density at radius 3 is 2.82 bits per heavy atom. The van der Waals surface area contributed by atoms with Crippen LogP contribution in [0.2, 0.25) is 0 Å². The van der Waals surface area contributed by atoms with Crippen LogP contribution in [0.15, 0.2) is 45.9 Å². The Morgan fingerprint density at radius 1 is 1.25 bits per heavy atom. The number of methoxy groups -OCH3 is 1. The molecule has 142 valence electrons. The number of rotatable bonds is 4. The number of aromatic nitrogens is 5. The van der Waals surface area contributed by atoms with Crippen LogP contribution in [0, 0.1) is 11.6 Å². The maximum atomic E-state index is 14.0. The van der Waals surface area contributed by atoms with Gasteiger partial charge >= 0.3 is 5.97 Å². The summed E-state index contributed by atoms with van der Waals surface area (Å²) in [7, 11) is 1.22. The van der Waals surface area contributed by atoms with Crippen molar-refractivity contribution in [1.82, 2.24) is 24.5 Å². The van der Waals surface area contributed by atoms with E-state index in [0.717, 1.165) is 10.7 Å². The molecule has 1 aromatic carbocycles. The molecule has 0 bridgehead atoms. The zero-order valence-corrected chi connectivity index (χ0v) is 14.3. The van der Waals surface area contributed by atoms with Gasteiger partial charge in [0.05, 0.1) is 13.7 Å². The summed E-state index contributed by atoms with van der Waals surface area (Å²) in [5, 5.41) is 7.51. The van der Waals surface area contributed by atoms with Crippen molar-refractivity contribution in [3.63, 3.8) is 0 Å². The van der Waals surface area contributed by atoms with Crippen LogP contribution in [0.25, 0.3) is 16.9 Å². The minimum absolute atomic E-state index is 0.00249. The van der Waals surface area contributed by atoms with Crippen molar-refractivity contribution in [2.24, 2.45) is 0 Å². The average Bonchev–Trinajstić information content (AvgIpc) is 3.31. The highest BCUT2D eigenvalue weighted by Gasteiger charge is 2.17. The van der Waals surface area contributed by atoms with Crippen molar-refractivity contribution < 1.29 is 22.7 Å². The number of halogens is 2. The van der Waals surface area contributed by atoms with Gasteiger partial charge in [0.25, 0.3) is 5.56 Å². The van der Waals surface area contributed by atoms with Crippen LogP contribution in [0.5, 0.6) is 0 Å². The Morgan fingerprint density at radius 2 is 2.07 bits per heavy atom. The second-order valence-corrected chi connectivity index (χ2v) is 5.70. The highest BCUT2D eigenvalue weighted by molar-refractivity contribution is 5.86. The Bertz CT molecular complexity index is 1260. The minimum atomic E-state index is -0.872. The van der Waals surface area contributed by atoms with Crippen LogP contribution < -0.4 is 5.56 Å². The third-order valence-corrected chi connectivity index (χ3v) is 3.94. The van der Waals surface area contributed by atoms with Gasteiger partial charge in [0.2, 0.25) is 5.76 Å². The van der Waals surface area contributed by atoms with Crippen LogP contribution in [-0.2, 0) is 11.3 Å². The number of fused-ring (bicyclic) bond motifs is 1. The molecule has 0 fully saturated rings. The number of carbonyl (C=O) groups excluding carboxylic acids is 1. The SMILES string of the molecule is COC(=O)c1ccc(Cn2cnc3c(nnn3-c3ccc(F)cc3F)c2=O)o1. The highest BCUT2D eigenvalue weighted by atomic mass is 19.1. The molecule has 0 radical (unpaired) electrons. The highest BCUT2D eigenvalue weighted by Crippen LogP contribution is 2.17. The molecule has 0 N–H and O–H groups in total. The summed E-state index contributed by atoms with van der Waals surface area (Å²) in [6, 6.07) is 5.87. The summed E-state index contributed by atoms with van der Waals surface area (Å²) in [5.74, 6) is -1.94. The first-order valence-corrected chi connectivity index (χ1v) is 7.91. The van der Waals surface area contributed by atoms with Crippen molar-refractivity contribution in [2.75, 3.05) is 7.11 Å². The largest absolute Gasteiger partial charge is 0.463 e. The van der Waals surface area contributed by atoms with E-state index in [1.165, 1.54) is 36.2 Å². The molecule has 0 aliphatic carbocycles. The van der Waals surface area contributed by atoms with Gasteiger partial charge in [-0.25, -0.2) is 18.6 Å². The first-order chi connectivity index (χ1) is 13.5. The molecule has 0 atom stereocenters. The molecule has 0 saturated heterocycles. The number of hydrogen-bond donors (Lipinski definition) is 0. The van der Waals surface area contributed by atoms with Gasteiger partial charge in [-0.2, -0.15) is 4.68 Å². The van der Waals surface area contributed by atoms with Crippen LogP contribution in [0.4, 0.5) is 8.78 Å². The first-order valence-electron chi connectivity index (χ1n) is 7.91. The predicted molar refractivity (Wildman–Crippen MR) is 90.0 cm³/mol. The second-order valence-electron chi connectivity index (χ2n) is 5.70. The molecular formula is C17H11F2N5O4. The molecule has 0 unspecified atom stereocenters. The molecule has 0 amide bonds. The number of hydrogen-bond acceptors (Lipinski definition) is 7. The Hall–Kier alpha value is -3.89. The lowest BCUT2D eigenvalue weighted by Gasteiger charge is -2.05. The lowest BCUT2D eigenvalue weighted by molar-refractivity contribution is 0.0563. The van der Waals surface area contributed by atoms with Crippen molar-refractivity contribution in [3.8, 4) is 5.69 Å². The fourth-order valence-electron chi connectivity index (χ4n) is 2.61. The van der Waals surface area contributed by atoms with E-state index in [-0.39, 0.29) is 29.2 Å². The summed E-state index contributed by atoms with van der Waals surface area (Å²) in [5.41, 5.74) is -0.732. The van der Waals surface area contributed by atoms with Gasteiger partial charge in [-0.05, 0) is 24.3 Å². The molecule has 4 rings (SSSR count). The molecule has 3 aromatic heterocycles. The van der Waals surface area contributed by atoms with E-state index in [4.69, 9.17) is 4.42 Å². The van der Waals surface area contributed by atoms with Gasteiger partial charge in [-0.1, -0.05) is 5.21 Å². The average molecular weight is 387 g/mol. The van der Waals surface area contributed by atoms with Crippen molar-refractivity contribution >= 4 is 17.1 Å². The minimum Gasteiger partial charge on any atom is -0.463 e. The third kappa shape index (κ3) is 2.92. The van der Waals surface area contributed by atoms with Crippen molar-refractivity contribution in [2.45, 2.75) is 6.54 Å². The van der Waals surface area contributed by atoms with E-state index < -0.39 is 23.2 Å². The van der Waals surface area contributed by atoms with E-state index in [1.807, 2.05) is 0 Å². The molecule has 0 aliphatic rings. The smallest absolute Gasteiger partial charge is 0.373 e. The molecule has 11 heteroatoms. The number of furan rings is 1. The van der Waals surface area contributed by atoms with E-state index in [9.17, 15) is 18.4 Å². The van der Waals surface area contributed by atoms with Crippen LogP contribution in [0.1, 0.15) is 16.3 Å². The zero-order chi connectivity index (χ0) is 19.8. The van der Waals surface area contributed by atoms with Gasteiger partial charge in [-0.3, -0.25) is 9.36 Å². The Labute approximate surface area is 154 Å². The summed E-state index contributed by atoms with van der Waals surface area (Å²) >= 11 is 0. The first kappa shape index (κ1) is 17.5. The van der Waals surface area contributed by atoms with Crippen LogP contribution in [-0.4, -0.2) is 37.6 Å². The van der Waals surface area contributed by atoms with Crippen LogP contribution >= 0.6 is 0 Å². The van der Waals surface area contributed by atoms with Gasteiger partial charge in [-0.15, -0.1) is 5.10 Å². The van der Waals surface area contributed by atoms with Gasteiger partial charge < -0.3 is 9.15 Å². The summed E-state index contributed by atoms with van der Waals surface area (Å²) in [6.45, 7) is -0.0173. The number of nitrogens with zero attached hydrogens (tertiary/aromatic N) is 5. The third-order valence-electron chi connectivity index (χ3n) is 3.94. The lowest BCUT2D eigenvalue weighted by atomic mass is 10.3. The number of esters is 1. The fraction of sp³-hybridized carbons (Fsp3) is 0.118. The summed E-state index contributed by atoms with van der Waals surface area (Å²) < 4.78 is 39.2. The topological polar surface area (TPSA) is 105 Å². The zero-order valence-electron chi connectivity index (χ0n) is 14.3. The normalized spacial score (nSPS) is 11.1. The van der Waals surface area contributed by atoms with E-state index in [1.54, 1.807) is 0 Å². The predicted octanol–water partition coefficient (Wildman–Crippen LogP) is 1.68. The Kier molecular flexibility index (Phi) is 4.18. The maximum absolute atomic E-state index is 14.0.